The van der Waals surface area contributed by atoms with Crippen LogP contribution in [0.1, 0.15) is 22.8 Å². The molecule has 0 bridgehead atoms. The van der Waals surface area contributed by atoms with E-state index in [9.17, 15) is 14.0 Å². The van der Waals surface area contributed by atoms with Crippen molar-refractivity contribution in [1.82, 2.24) is 0 Å². The van der Waals surface area contributed by atoms with Gasteiger partial charge < -0.3 is 9.47 Å². The van der Waals surface area contributed by atoms with E-state index in [0.29, 0.717) is 0 Å². The Balaban J connectivity index is 3.32. The number of Topliss-reactive ketones (excluding diaryl/α,β-unsaturated/α-hetero) is 1. The van der Waals surface area contributed by atoms with Crippen LogP contribution in [0.3, 0.4) is 0 Å². The molecule has 0 saturated heterocycles. The van der Waals surface area contributed by atoms with Crippen LogP contribution in [-0.2, 0) is 9.53 Å². The molecule has 0 amide bonds. The van der Waals surface area contributed by atoms with E-state index in [1.54, 1.807) is 6.92 Å². The molecule has 0 spiro atoms. The predicted octanol–water partition coefficient (Wildman–Crippen LogP) is 2.65. The van der Waals surface area contributed by atoms with Crippen molar-refractivity contribution in [3.05, 3.63) is 27.5 Å². The monoisotopic (exact) mass is 318 g/mol. The third-order valence-corrected chi connectivity index (χ3v) is 2.88. The molecule has 0 saturated carbocycles. The fraction of sp³-hybridized carbons (Fsp3) is 0.333. The topological polar surface area (TPSA) is 52.6 Å². The molecule has 0 fully saturated rings. The van der Waals surface area contributed by atoms with Crippen molar-refractivity contribution < 1.29 is 23.5 Å². The first-order valence-electron chi connectivity index (χ1n) is 5.18. The van der Waals surface area contributed by atoms with Gasteiger partial charge in [-0.2, -0.15) is 0 Å². The average molecular weight is 319 g/mol. The number of hydrogen-bond acceptors (Lipinski definition) is 4. The maximum Gasteiger partial charge on any atom is 0.379 e. The summed E-state index contributed by atoms with van der Waals surface area (Å²) in [7, 11) is 1.30. The predicted molar refractivity (Wildman–Crippen MR) is 66.4 cm³/mol. The number of esters is 1. The van der Waals surface area contributed by atoms with Crippen molar-refractivity contribution in [2.24, 2.45) is 0 Å². The summed E-state index contributed by atoms with van der Waals surface area (Å²) in [6.07, 6.45) is 0. The Bertz CT molecular complexity index is 499. The van der Waals surface area contributed by atoms with Crippen LogP contribution in [0.25, 0.3) is 0 Å². The van der Waals surface area contributed by atoms with Crippen molar-refractivity contribution in [3.63, 3.8) is 0 Å². The van der Waals surface area contributed by atoms with Crippen LogP contribution >= 0.6 is 15.9 Å². The van der Waals surface area contributed by atoms with Crippen LogP contribution < -0.4 is 4.74 Å². The van der Waals surface area contributed by atoms with E-state index >= 15 is 0 Å². The van der Waals surface area contributed by atoms with Gasteiger partial charge >= 0.3 is 5.97 Å². The molecular weight excluding hydrogens is 307 g/mol. The molecule has 0 heterocycles. The second kappa shape index (κ2) is 5.95. The summed E-state index contributed by atoms with van der Waals surface area (Å²) in [4.78, 5) is 23.2. The number of hydrogen-bond donors (Lipinski definition) is 0. The molecule has 4 nitrogen and oxygen atoms in total. The maximum absolute atomic E-state index is 13.6. The van der Waals surface area contributed by atoms with Crippen LogP contribution in [0.5, 0.6) is 5.75 Å². The van der Waals surface area contributed by atoms with Gasteiger partial charge in [0.05, 0.1) is 23.8 Å². The lowest BCUT2D eigenvalue weighted by molar-refractivity contribution is -0.137. The van der Waals surface area contributed by atoms with Gasteiger partial charge in [0.1, 0.15) is 11.6 Å². The van der Waals surface area contributed by atoms with Gasteiger partial charge in [0.15, 0.2) is 0 Å². The Morgan fingerprint density at radius 1 is 1.44 bits per heavy atom. The van der Waals surface area contributed by atoms with E-state index in [1.807, 2.05) is 0 Å². The molecule has 98 valence electrons. The summed E-state index contributed by atoms with van der Waals surface area (Å²) >= 11 is 2.98. The molecule has 0 radical (unpaired) electrons. The van der Waals surface area contributed by atoms with Crippen LogP contribution in [0, 0.1) is 12.7 Å². The third kappa shape index (κ3) is 2.69. The van der Waals surface area contributed by atoms with Crippen LogP contribution in [0.4, 0.5) is 4.39 Å². The summed E-state index contributed by atoms with van der Waals surface area (Å²) in [6, 6.07) is 1.21. The molecule has 6 heteroatoms. The first-order valence-corrected chi connectivity index (χ1v) is 5.97. The Labute approximate surface area is 112 Å². The van der Waals surface area contributed by atoms with Crippen LogP contribution in [-0.4, -0.2) is 25.5 Å². The minimum Gasteiger partial charge on any atom is -0.496 e. The van der Waals surface area contributed by atoms with Crippen molar-refractivity contribution in [1.29, 1.82) is 0 Å². The SMILES string of the molecule is CCOC(=O)C(=O)c1cc(Br)c(F)c(C)c1OC. The quantitative estimate of drug-likeness (QED) is 0.486. The lowest BCUT2D eigenvalue weighted by atomic mass is 10.1. The number of carbonyl (C=O) groups is 2. The smallest absolute Gasteiger partial charge is 0.379 e. The van der Waals surface area contributed by atoms with Gasteiger partial charge in [0.25, 0.3) is 5.78 Å². The molecule has 0 aliphatic rings. The number of rotatable bonds is 4. The Kier molecular flexibility index (Phi) is 4.84. The molecule has 0 aromatic heterocycles. The third-order valence-electron chi connectivity index (χ3n) is 2.30. The molecule has 0 aliphatic heterocycles. The highest BCUT2D eigenvalue weighted by Crippen LogP contribution is 2.31. The first-order chi connectivity index (χ1) is 8.43. The number of ether oxygens (including phenoxy) is 2. The molecule has 1 aromatic rings. The summed E-state index contributed by atoms with van der Waals surface area (Å²) < 4.78 is 23.3. The van der Waals surface area contributed by atoms with E-state index in [-0.39, 0.29) is 28.0 Å². The minimum atomic E-state index is -0.992. The molecule has 0 aliphatic carbocycles. The van der Waals surface area contributed by atoms with Gasteiger partial charge in [-0.3, -0.25) is 4.79 Å². The fourth-order valence-electron chi connectivity index (χ4n) is 1.47. The van der Waals surface area contributed by atoms with E-state index in [1.165, 1.54) is 20.1 Å². The van der Waals surface area contributed by atoms with Crippen molar-refractivity contribution in [3.8, 4) is 5.75 Å². The van der Waals surface area contributed by atoms with Crippen molar-refractivity contribution in [2.75, 3.05) is 13.7 Å². The highest BCUT2D eigenvalue weighted by molar-refractivity contribution is 9.10. The Hall–Kier alpha value is -1.43. The van der Waals surface area contributed by atoms with Gasteiger partial charge in [-0.05, 0) is 35.8 Å². The minimum absolute atomic E-state index is 0.0262. The molecule has 0 unspecified atom stereocenters. The number of ketones is 1. The Morgan fingerprint density at radius 2 is 2.06 bits per heavy atom. The zero-order chi connectivity index (χ0) is 13.9. The molecule has 1 aromatic carbocycles. The first kappa shape index (κ1) is 14.6. The highest BCUT2D eigenvalue weighted by atomic mass is 79.9. The van der Waals surface area contributed by atoms with Gasteiger partial charge in [0, 0.05) is 5.56 Å². The van der Waals surface area contributed by atoms with Gasteiger partial charge in [-0.25, -0.2) is 9.18 Å². The second-order valence-electron chi connectivity index (χ2n) is 3.43. The van der Waals surface area contributed by atoms with Crippen LogP contribution in [0.2, 0.25) is 0 Å². The molecule has 0 atom stereocenters. The molecule has 0 N–H and O–H groups in total. The van der Waals surface area contributed by atoms with Crippen molar-refractivity contribution >= 4 is 27.7 Å². The number of carbonyl (C=O) groups excluding carboxylic acids is 2. The second-order valence-corrected chi connectivity index (χ2v) is 4.28. The summed E-state index contributed by atoms with van der Waals surface area (Å²) in [5, 5.41) is 0. The lowest BCUT2D eigenvalue weighted by Gasteiger charge is -2.12. The fourth-order valence-corrected chi connectivity index (χ4v) is 2.00. The number of halogens is 2. The van der Waals surface area contributed by atoms with Gasteiger partial charge in [-0.1, -0.05) is 0 Å². The highest BCUT2D eigenvalue weighted by Gasteiger charge is 2.25. The van der Waals surface area contributed by atoms with E-state index in [2.05, 4.69) is 20.7 Å². The van der Waals surface area contributed by atoms with E-state index < -0.39 is 17.6 Å². The summed E-state index contributed by atoms with van der Waals surface area (Å²) in [5.74, 6) is -2.35. The zero-order valence-corrected chi connectivity index (χ0v) is 11.8. The number of benzene rings is 1. The number of methoxy groups -OCH3 is 1. The average Bonchev–Trinajstić information content (AvgIpc) is 2.35. The normalized spacial score (nSPS) is 10.1. The van der Waals surface area contributed by atoms with E-state index in [0.717, 1.165) is 0 Å². The standard InChI is InChI=1S/C12H12BrFO4/c1-4-18-12(16)10(15)7-5-8(13)9(14)6(2)11(7)17-3/h5H,4H2,1-3H3. The lowest BCUT2D eigenvalue weighted by Crippen LogP contribution is -2.19. The largest absolute Gasteiger partial charge is 0.496 e. The van der Waals surface area contributed by atoms with Crippen LogP contribution in [0.15, 0.2) is 10.5 Å². The zero-order valence-electron chi connectivity index (χ0n) is 10.2. The summed E-state index contributed by atoms with van der Waals surface area (Å²) in [6.45, 7) is 3.14. The van der Waals surface area contributed by atoms with E-state index in [4.69, 9.17) is 4.74 Å². The molecular formula is C12H12BrFO4. The molecule has 1 rings (SSSR count). The van der Waals surface area contributed by atoms with Gasteiger partial charge in [-0.15, -0.1) is 0 Å². The molecule has 18 heavy (non-hydrogen) atoms. The summed E-state index contributed by atoms with van der Waals surface area (Å²) in [5.41, 5.74) is 0.126. The maximum atomic E-state index is 13.6. The van der Waals surface area contributed by atoms with Crippen molar-refractivity contribution in [2.45, 2.75) is 13.8 Å². The van der Waals surface area contributed by atoms with Gasteiger partial charge in [0.2, 0.25) is 0 Å². The Morgan fingerprint density at radius 3 is 2.56 bits per heavy atom.